The first-order valence-corrected chi connectivity index (χ1v) is 5.92. The smallest absolute Gasteiger partial charge is 0.251 e. The summed E-state index contributed by atoms with van der Waals surface area (Å²) in [6.07, 6.45) is 0.737. The SMILES string of the molecule is CC(=O)c1ccc(C(=O)NCCCN)cc1CN. The molecule has 0 radical (unpaired) electrons. The molecule has 0 aliphatic heterocycles. The second-order valence-corrected chi connectivity index (χ2v) is 4.03. The molecular weight excluding hydrogens is 230 g/mol. The topological polar surface area (TPSA) is 98.2 Å². The Bertz CT molecular complexity index is 444. The van der Waals surface area contributed by atoms with Gasteiger partial charge in [-0.05, 0) is 37.6 Å². The summed E-state index contributed by atoms with van der Waals surface area (Å²) in [5.41, 5.74) is 12.7. The number of hydrogen-bond acceptors (Lipinski definition) is 4. The number of nitrogens with one attached hydrogen (secondary N) is 1. The molecule has 0 saturated heterocycles. The van der Waals surface area contributed by atoms with E-state index in [1.165, 1.54) is 6.92 Å². The van der Waals surface area contributed by atoms with Gasteiger partial charge in [-0.15, -0.1) is 0 Å². The number of nitrogens with two attached hydrogens (primary N) is 2. The maximum atomic E-state index is 11.8. The Morgan fingerprint density at radius 2 is 2.00 bits per heavy atom. The van der Waals surface area contributed by atoms with Gasteiger partial charge in [0.1, 0.15) is 0 Å². The van der Waals surface area contributed by atoms with Crippen molar-refractivity contribution in [1.29, 1.82) is 0 Å². The fraction of sp³-hybridized carbons (Fsp3) is 0.385. The summed E-state index contributed by atoms with van der Waals surface area (Å²) in [7, 11) is 0. The molecule has 1 rings (SSSR count). The maximum Gasteiger partial charge on any atom is 0.251 e. The fourth-order valence-corrected chi connectivity index (χ4v) is 1.65. The molecular formula is C13H19N3O2. The van der Waals surface area contributed by atoms with Crippen LogP contribution in [0.2, 0.25) is 0 Å². The number of rotatable bonds is 6. The van der Waals surface area contributed by atoms with Crippen molar-refractivity contribution in [2.75, 3.05) is 13.1 Å². The van der Waals surface area contributed by atoms with Crippen molar-refractivity contribution in [2.45, 2.75) is 19.9 Å². The molecule has 1 aromatic carbocycles. The van der Waals surface area contributed by atoms with E-state index in [1.807, 2.05) is 0 Å². The van der Waals surface area contributed by atoms with E-state index in [0.717, 1.165) is 6.42 Å². The maximum absolute atomic E-state index is 11.8. The molecule has 1 aromatic rings. The van der Waals surface area contributed by atoms with Crippen LogP contribution in [0.4, 0.5) is 0 Å². The van der Waals surface area contributed by atoms with E-state index >= 15 is 0 Å². The highest BCUT2D eigenvalue weighted by Gasteiger charge is 2.10. The van der Waals surface area contributed by atoms with Gasteiger partial charge in [0, 0.05) is 24.2 Å². The molecule has 5 nitrogen and oxygen atoms in total. The third-order valence-electron chi connectivity index (χ3n) is 2.63. The first-order valence-electron chi connectivity index (χ1n) is 5.92. The molecule has 5 N–H and O–H groups in total. The molecule has 0 atom stereocenters. The Morgan fingerprint density at radius 3 is 2.56 bits per heavy atom. The molecule has 18 heavy (non-hydrogen) atoms. The Hall–Kier alpha value is -1.72. The lowest BCUT2D eigenvalue weighted by molar-refractivity contribution is 0.0951. The van der Waals surface area contributed by atoms with Crippen molar-refractivity contribution in [3.8, 4) is 0 Å². The van der Waals surface area contributed by atoms with Crippen molar-refractivity contribution < 1.29 is 9.59 Å². The lowest BCUT2D eigenvalue weighted by Gasteiger charge is -2.08. The number of Topliss-reactive ketones (excluding diaryl/α,β-unsaturated/α-hetero) is 1. The van der Waals surface area contributed by atoms with Gasteiger partial charge in [0.25, 0.3) is 5.91 Å². The van der Waals surface area contributed by atoms with Crippen LogP contribution in [0.3, 0.4) is 0 Å². The predicted octanol–water partition coefficient (Wildman–Crippen LogP) is 0.427. The molecule has 5 heteroatoms. The average Bonchev–Trinajstić information content (AvgIpc) is 2.37. The Morgan fingerprint density at radius 1 is 1.28 bits per heavy atom. The molecule has 0 heterocycles. The molecule has 0 saturated carbocycles. The minimum absolute atomic E-state index is 0.0504. The molecule has 98 valence electrons. The van der Waals surface area contributed by atoms with E-state index in [0.29, 0.717) is 29.8 Å². The fourth-order valence-electron chi connectivity index (χ4n) is 1.65. The minimum atomic E-state index is -0.173. The van der Waals surface area contributed by atoms with Crippen molar-refractivity contribution in [3.63, 3.8) is 0 Å². The van der Waals surface area contributed by atoms with Gasteiger partial charge in [-0.25, -0.2) is 0 Å². The number of carbonyl (C=O) groups excluding carboxylic acids is 2. The summed E-state index contributed by atoms with van der Waals surface area (Å²) >= 11 is 0. The quantitative estimate of drug-likeness (QED) is 0.503. The standard InChI is InChI=1S/C13H19N3O2/c1-9(17)12-4-3-10(7-11(12)8-15)13(18)16-6-2-5-14/h3-4,7H,2,5-6,8,14-15H2,1H3,(H,16,18). The summed E-state index contributed by atoms with van der Waals surface area (Å²) in [5, 5.41) is 2.76. The number of benzene rings is 1. The van der Waals surface area contributed by atoms with E-state index in [9.17, 15) is 9.59 Å². The minimum Gasteiger partial charge on any atom is -0.352 e. The molecule has 0 aromatic heterocycles. The van der Waals surface area contributed by atoms with Gasteiger partial charge in [0.2, 0.25) is 0 Å². The third-order valence-corrected chi connectivity index (χ3v) is 2.63. The van der Waals surface area contributed by atoms with Crippen LogP contribution in [-0.2, 0) is 6.54 Å². The van der Waals surface area contributed by atoms with Crippen molar-refractivity contribution in [3.05, 3.63) is 34.9 Å². The van der Waals surface area contributed by atoms with Crippen LogP contribution in [0.5, 0.6) is 0 Å². The van der Waals surface area contributed by atoms with Gasteiger partial charge in [-0.3, -0.25) is 9.59 Å². The third kappa shape index (κ3) is 3.65. The molecule has 0 aliphatic carbocycles. The summed E-state index contributed by atoms with van der Waals surface area (Å²) in [5.74, 6) is -0.223. The summed E-state index contributed by atoms with van der Waals surface area (Å²) in [6, 6.07) is 4.94. The van der Waals surface area contributed by atoms with Crippen molar-refractivity contribution in [2.24, 2.45) is 11.5 Å². The highest BCUT2D eigenvalue weighted by atomic mass is 16.1. The van der Waals surface area contributed by atoms with Crippen LogP contribution < -0.4 is 16.8 Å². The second kappa shape index (κ2) is 6.88. The van der Waals surface area contributed by atoms with E-state index < -0.39 is 0 Å². The zero-order valence-corrected chi connectivity index (χ0v) is 10.5. The number of hydrogen-bond donors (Lipinski definition) is 3. The van der Waals surface area contributed by atoms with Crippen LogP contribution in [0.1, 0.15) is 39.6 Å². The van der Waals surface area contributed by atoms with Crippen LogP contribution in [-0.4, -0.2) is 24.8 Å². The average molecular weight is 249 g/mol. The normalized spacial score (nSPS) is 10.2. The second-order valence-electron chi connectivity index (χ2n) is 4.03. The van der Waals surface area contributed by atoms with Crippen molar-refractivity contribution >= 4 is 11.7 Å². The summed E-state index contributed by atoms with van der Waals surface area (Å²) in [4.78, 5) is 23.1. The van der Waals surface area contributed by atoms with Gasteiger partial charge in [0.15, 0.2) is 5.78 Å². The van der Waals surface area contributed by atoms with E-state index in [4.69, 9.17) is 11.5 Å². The van der Waals surface area contributed by atoms with Crippen molar-refractivity contribution in [1.82, 2.24) is 5.32 Å². The molecule has 0 spiro atoms. The first kappa shape index (κ1) is 14.3. The molecule has 0 aliphatic rings. The summed E-state index contributed by atoms with van der Waals surface area (Å²) in [6.45, 7) is 2.80. The van der Waals surface area contributed by atoms with E-state index in [-0.39, 0.29) is 18.2 Å². The van der Waals surface area contributed by atoms with Gasteiger partial charge in [0.05, 0.1) is 0 Å². The lowest BCUT2D eigenvalue weighted by Crippen LogP contribution is -2.26. The van der Waals surface area contributed by atoms with Crippen LogP contribution >= 0.6 is 0 Å². The number of carbonyl (C=O) groups is 2. The van der Waals surface area contributed by atoms with Gasteiger partial charge >= 0.3 is 0 Å². The predicted molar refractivity (Wildman–Crippen MR) is 70.3 cm³/mol. The molecule has 0 fully saturated rings. The highest BCUT2D eigenvalue weighted by molar-refractivity contribution is 5.99. The summed E-state index contributed by atoms with van der Waals surface area (Å²) < 4.78 is 0. The van der Waals surface area contributed by atoms with Gasteiger partial charge in [-0.1, -0.05) is 6.07 Å². The lowest BCUT2D eigenvalue weighted by atomic mass is 10.0. The highest BCUT2D eigenvalue weighted by Crippen LogP contribution is 2.12. The van der Waals surface area contributed by atoms with Gasteiger partial charge < -0.3 is 16.8 Å². The zero-order chi connectivity index (χ0) is 13.5. The van der Waals surface area contributed by atoms with Gasteiger partial charge in [-0.2, -0.15) is 0 Å². The van der Waals surface area contributed by atoms with Crippen LogP contribution in [0, 0.1) is 0 Å². The zero-order valence-electron chi connectivity index (χ0n) is 10.5. The van der Waals surface area contributed by atoms with E-state index in [2.05, 4.69) is 5.32 Å². The molecule has 0 bridgehead atoms. The number of ketones is 1. The number of amides is 1. The monoisotopic (exact) mass is 249 g/mol. The van der Waals surface area contributed by atoms with Crippen LogP contribution in [0.15, 0.2) is 18.2 Å². The molecule has 1 amide bonds. The first-order chi connectivity index (χ1) is 8.60. The largest absolute Gasteiger partial charge is 0.352 e. The molecule has 0 unspecified atom stereocenters. The van der Waals surface area contributed by atoms with Crippen LogP contribution in [0.25, 0.3) is 0 Å². The Kier molecular flexibility index (Phi) is 5.48. The van der Waals surface area contributed by atoms with E-state index in [1.54, 1.807) is 18.2 Å². The Labute approximate surface area is 107 Å². The Balaban J connectivity index is 2.85.